The first kappa shape index (κ1) is 25.0. The van der Waals surface area contributed by atoms with E-state index >= 15 is 0 Å². The molecule has 4 rings (SSSR count). The van der Waals surface area contributed by atoms with Crippen molar-refractivity contribution in [2.24, 2.45) is 0 Å². The lowest BCUT2D eigenvalue weighted by molar-refractivity contribution is -0.174. The number of carbonyl (C=O) groups is 1. The first-order valence-corrected chi connectivity index (χ1v) is 11.0. The maximum Gasteiger partial charge on any atom is 0.471 e. The highest BCUT2D eigenvalue weighted by molar-refractivity contribution is 5.83. The second kappa shape index (κ2) is 9.88. The van der Waals surface area contributed by atoms with E-state index in [1.54, 1.807) is 60.3 Å². The van der Waals surface area contributed by atoms with Crippen LogP contribution in [0.3, 0.4) is 0 Å². The molecular weight excluding hydrogens is 478 g/mol. The van der Waals surface area contributed by atoms with E-state index in [1.807, 2.05) is 11.4 Å². The van der Waals surface area contributed by atoms with Crippen molar-refractivity contribution in [3.8, 4) is 17.2 Å². The number of fused-ring (bicyclic) bond motifs is 1. The summed E-state index contributed by atoms with van der Waals surface area (Å²) < 4.78 is 65.2. The topological polar surface area (TPSA) is 65.4 Å². The van der Waals surface area contributed by atoms with Gasteiger partial charge in [0.15, 0.2) is 0 Å². The second-order valence-corrected chi connectivity index (χ2v) is 8.28. The van der Waals surface area contributed by atoms with Gasteiger partial charge in [-0.3, -0.25) is 4.79 Å². The Kier molecular flexibility index (Phi) is 6.87. The number of nitrogens with one attached hydrogen (secondary N) is 1. The molecule has 188 valence electrons. The Bertz CT molecular complexity index is 1380. The van der Waals surface area contributed by atoms with Gasteiger partial charge >= 0.3 is 12.1 Å². The maximum atomic E-state index is 13.3. The fourth-order valence-corrected chi connectivity index (χ4v) is 3.85. The number of nitrogens with zero attached hydrogens (tertiary/aromatic N) is 2. The number of hydrogen-bond donors (Lipinski definition) is 1. The Labute approximate surface area is 204 Å². The van der Waals surface area contributed by atoms with Gasteiger partial charge in [-0.05, 0) is 73.5 Å². The molecule has 0 saturated heterocycles. The number of aryl methyl sites for hydroxylation is 1. The standard InChI is InChI=1S/C26H23F4N3O3/c1-15-11-22-18(14-31-33(22)20-9-7-19(27)8-10-20)13-23(15)36-24(16(2)32-25(34)26(28,29)30)17-5-4-6-21(12-17)35-3/h4-14,16,24H,1-3H3,(H,32,34). The molecule has 36 heavy (non-hydrogen) atoms. The van der Waals surface area contributed by atoms with Gasteiger partial charge in [0.1, 0.15) is 23.4 Å². The lowest BCUT2D eigenvalue weighted by Crippen LogP contribution is -2.45. The highest BCUT2D eigenvalue weighted by atomic mass is 19.4. The van der Waals surface area contributed by atoms with Gasteiger partial charge in [-0.2, -0.15) is 18.3 Å². The van der Waals surface area contributed by atoms with Crippen molar-refractivity contribution in [1.82, 2.24) is 15.1 Å². The lowest BCUT2D eigenvalue weighted by Gasteiger charge is -2.28. The largest absolute Gasteiger partial charge is 0.497 e. The second-order valence-electron chi connectivity index (χ2n) is 8.28. The van der Waals surface area contributed by atoms with E-state index in [0.717, 1.165) is 5.52 Å². The maximum absolute atomic E-state index is 13.3. The summed E-state index contributed by atoms with van der Waals surface area (Å²) in [4.78, 5) is 11.6. The van der Waals surface area contributed by atoms with Gasteiger partial charge in [0.05, 0.1) is 30.6 Å². The fraction of sp³-hybridized carbons (Fsp3) is 0.231. The molecule has 0 aliphatic carbocycles. The number of hydrogen-bond acceptors (Lipinski definition) is 4. The van der Waals surface area contributed by atoms with Crippen molar-refractivity contribution in [2.45, 2.75) is 32.2 Å². The Morgan fingerprint density at radius 3 is 2.47 bits per heavy atom. The summed E-state index contributed by atoms with van der Waals surface area (Å²) in [6.07, 6.45) is -4.38. The predicted octanol–water partition coefficient (Wildman–Crippen LogP) is 5.67. The molecule has 2 atom stereocenters. The number of alkyl halides is 3. The summed E-state index contributed by atoms with van der Waals surface area (Å²) >= 11 is 0. The highest BCUT2D eigenvalue weighted by Crippen LogP contribution is 2.33. The molecule has 2 unspecified atom stereocenters. The van der Waals surface area contributed by atoms with Gasteiger partial charge < -0.3 is 14.8 Å². The lowest BCUT2D eigenvalue weighted by atomic mass is 10.0. The number of carbonyl (C=O) groups excluding carboxylic acids is 1. The van der Waals surface area contributed by atoms with Crippen molar-refractivity contribution in [3.63, 3.8) is 0 Å². The zero-order valence-corrected chi connectivity index (χ0v) is 19.6. The SMILES string of the molecule is COc1cccc(C(Oc2cc3cnn(-c4ccc(F)cc4)c3cc2C)C(C)NC(=O)C(F)(F)F)c1. The van der Waals surface area contributed by atoms with Crippen LogP contribution in [0.5, 0.6) is 11.5 Å². The molecule has 1 amide bonds. The van der Waals surface area contributed by atoms with Crippen LogP contribution < -0.4 is 14.8 Å². The number of methoxy groups -OCH3 is 1. The molecule has 0 aliphatic rings. The first-order valence-electron chi connectivity index (χ1n) is 11.0. The summed E-state index contributed by atoms with van der Waals surface area (Å²) in [7, 11) is 1.47. The van der Waals surface area contributed by atoms with Crippen LogP contribution in [0.25, 0.3) is 16.6 Å². The van der Waals surface area contributed by atoms with E-state index < -0.39 is 24.2 Å². The average molecular weight is 501 g/mol. The summed E-state index contributed by atoms with van der Waals surface area (Å²) in [5.74, 6) is -1.53. The molecule has 1 aromatic heterocycles. The van der Waals surface area contributed by atoms with Gasteiger partial charge in [0.2, 0.25) is 0 Å². The molecule has 4 aromatic rings. The fourth-order valence-electron chi connectivity index (χ4n) is 3.85. The molecule has 0 bridgehead atoms. The van der Waals surface area contributed by atoms with Crippen molar-refractivity contribution in [3.05, 3.63) is 83.8 Å². The molecule has 3 aromatic carbocycles. The van der Waals surface area contributed by atoms with Crippen molar-refractivity contribution >= 4 is 16.8 Å². The van der Waals surface area contributed by atoms with E-state index in [1.165, 1.54) is 26.2 Å². The molecular formula is C26H23F4N3O3. The zero-order chi connectivity index (χ0) is 26.0. The molecule has 1 heterocycles. The summed E-state index contributed by atoms with van der Waals surface area (Å²) in [6.45, 7) is 3.23. The minimum atomic E-state index is -5.03. The van der Waals surface area contributed by atoms with E-state index in [-0.39, 0.29) is 5.82 Å². The van der Waals surface area contributed by atoms with Crippen molar-refractivity contribution in [1.29, 1.82) is 0 Å². The molecule has 0 aliphatic heterocycles. The Morgan fingerprint density at radius 1 is 1.08 bits per heavy atom. The van der Waals surface area contributed by atoms with Crippen LogP contribution in [0, 0.1) is 12.7 Å². The first-order chi connectivity index (χ1) is 17.1. The zero-order valence-electron chi connectivity index (χ0n) is 19.6. The predicted molar refractivity (Wildman–Crippen MR) is 126 cm³/mol. The van der Waals surface area contributed by atoms with Crippen LogP contribution in [0.4, 0.5) is 17.6 Å². The van der Waals surface area contributed by atoms with E-state index in [2.05, 4.69) is 5.10 Å². The number of halogens is 4. The van der Waals surface area contributed by atoms with Gasteiger partial charge in [-0.15, -0.1) is 0 Å². The number of amides is 1. The third-order valence-corrected chi connectivity index (χ3v) is 5.68. The molecule has 0 spiro atoms. The monoisotopic (exact) mass is 501 g/mol. The van der Waals surface area contributed by atoms with Gasteiger partial charge in [0, 0.05) is 5.39 Å². The third kappa shape index (κ3) is 5.27. The summed E-state index contributed by atoms with van der Waals surface area (Å²) in [5.41, 5.74) is 2.61. The smallest absolute Gasteiger partial charge is 0.471 e. The number of rotatable bonds is 7. The Hall–Kier alpha value is -4.08. The van der Waals surface area contributed by atoms with E-state index in [4.69, 9.17) is 9.47 Å². The average Bonchev–Trinajstić information content (AvgIpc) is 3.24. The van der Waals surface area contributed by atoms with Crippen LogP contribution in [0.15, 0.2) is 66.9 Å². The van der Waals surface area contributed by atoms with Gasteiger partial charge in [-0.25, -0.2) is 9.07 Å². The molecule has 0 saturated carbocycles. The molecule has 1 N–H and O–H groups in total. The molecule has 0 fully saturated rings. The molecule has 10 heteroatoms. The normalized spacial score (nSPS) is 13.3. The number of ether oxygens (including phenoxy) is 2. The Balaban J connectivity index is 1.70. The van der Waals surface area contributed by atoms with E-state index in [0.29, 0.717) is 33.7 Å². The summed E-state index contributed by atoms with van der Waals surface area (Å²) in [5, 5.41) is 7.07. The van der Waals surface area contributed by atoms with Crippen molar-refractivity contribution < 1.29 is 31.8 Å². The van der Waals surface area contributed by atoms with Crippen LogP contribution >= 0.6 is 0 Å². The number of aromatic nitrogens is 2. The number of benzene rings is 3. The van der Waals surface area contributed by atoms with Crippen LogP contribution in [-0.4, -0.2) is 35.0 Å². The third-order valence-electron chi connectivity index (χ3n) is 5.68. The quantitative estimate of drug-likeness (QED) is 0.332. The summed E-state index contributed by atoms with van der Waals surface area (Å²) in [6, 6.07) is 15.1. The molecule has 0 radical (unpaired) electrons. The van der Waals surface area contributed by atoms with Crippen molar-refractivity contribution in [2.75, 3.05) is 7.11 Å². The molecule has 6 nitrogen and oxygen atoms in total. The Morgan fingerprint density at radius 2 is 1.81 bits per heavy atom. The van der Waals surface area contributed by atoms with E-state index in [9.17, 15) is 22.4 Å². The minimum absolute atomic E-state index is 0.364. The van der Waals surface area contributed by atoms with Gasteiger partial charge in [0.25, 0.3) is 0 Å². The minimum Gasteiger partial charge on any atom is -0.497 e. The highest BCUT2D eigenvalue weighted by Gasteiger charge is 2.40. The van der Waals surface area contributed by atoms with Crippen LogP contribution in [0.1, 0.15) is 24.2 Å². The van der Waals surface area contributed by atoms with Crippen LogP contribution in [-0.2, 0) is 4.79 Å². The van der Waals surface area contributed by atoms with Crippen LogP contribution in [0.2, 0.25) is 0 Å². The van der Waals surface area contributed by atoms with Gasteiger partial charge in [-0.1, -0.05) is 12.1 Å².